The largest absolute Gasteiger partial charge is 0.370 e. The van der Waals surface area contributed by atoms with Gasteiger partial charge >= 0.3 is 15.2 Å². The standard InChI is InChI=1S/C7H17N3O8P2/c8-5(1-2-6(9)11)7(12)10(3-19(13,14)15)4-20(16,17)18/h5H,1-4,8H2,(H2,9,11)(H2,13,14,15)(H2,16,17,18)/t5-/m0/s1. The summed E-state index contributed by atoms with van der Waals surface area (Å²) < 4.78 is 21.7. The van der Waals surface area contributed by atoms with Gasteiger partial charge < -0.3 is 35.9 Å². The van der Waals surface area contributed by atoms with Gasteiger partial charge in [0.05, 0.1) is 6.04 Å². The third-order valence-electron chi connectivity index (χ3n) is 2.04. The monoisotopic (exact) mass is 333 g/mol. The predicted octanol–water partition coefficient (Wildman–Crippen LogP) is -2.32. The number of carbonyl (C=O) groups is 2. The molecule has 0 aliphatic heterocycles. The van der Waals surface area contributed by atoms with Crippen LogP contribution in [0.3, 0.4) is 0 Å². The topological polar surface area (TPSA) is 204 Å². The molecule has 0 aromatic carbocycles. The fourth-order valence-electron chi connectivity index (χ4n) is 1.28. The molecule has 0 aromatic heterocycles. The van der Waals surface area contributed by atoms with Crippen LogP contribution in [-0.4, -0.2) is 54.9 Å². The minimum atomic E-state index is -4.72. The van der Waals surface area contributed by atoms with Gasteiger partial charge in [0.1, 0.15) is 12.6 Å². The van der Waals surface area contributed by atoms with Gasteiger partial charge in [-0.05, 0) is 6.42 Å². The second kappa shape index (κ2) is 7.28. The van der Waals surface area contributed by atoms with E-state index in [1.54, 1.807) is 0 Å². The molecule has 8 N–H and O–H groups in total. The van der Waals surface area contributed by atoms with E-state index in [0.717, 1.165) is 0 Å². The molecule has 1 atom stereocenters. The molecule has 0 rings (SSSR count). The van der Waals surface area contributed by atoms with Crippen LogP contribution < -0.4 is 11.5 Å². The molecular weight excluding hydrogens is 316 g/mol. The Morgan fingerprint density at radius 2 is 1.45 bits per heavy atom. The fourth-order valence-corrected chi connectivity index (χ4v) is 2.81. The number of primary amides is 1. The molecule has 13 heteroatoms. The molecule has 0 aromatic rings. The Hall–Kier alpha value is -0.800. The summed E-state index contributed by atoms with van der Waals surface area (Å²) in [5, 5.41) is 0. The van der Waals surface area contributed by atoms with Crippen LogP contribution in [0.5, 0.6) is 0 Å². The molecule has 0 radical (unpaired) electrons. The molecule has 2 amide bonds. The highest BCUT2D eigenvalue weighted by Crippen LogP contribution is 2.41. The molecule has 0 aliphatic carbocycles. The van der Waals surface area contributed by atoms with Crippen molar-refractivity contribution in [3.63, 3.8) is 0 Å². The Morgan fingerprint density at radius 1 is 1.05 bits per heavy atom. The normalized spacial score (nSPS) is 13.8. The van der Waals surface area contributed by atoms with Crippen molar-refractivity contribution in [3.05, 3.63) is 0 Å². The van der Waals surface area contributed by atoms with Gasteiger partial charge in [-0.2, -0.15) is 0 Å². The second-order valence-electron chi connectivity index (χ2n) is 4.10. The van der Waals surface area contributed by atoms with Gasteiger partial charge in [-0.15, -0.1) is 0 Å². The lowest BCUT2D eigenvalue weighted by Crippen LogP contribution is -2.44. The molecule has 0 saturated carbocycles. The Balaban J connectivity index is 4.92. The van der Waals surface area contributed by atoms with Crippen LogP contribution >= 0.6 is 15.2 Å². The number of nitrogens with two attached hydrogens (primary N) is 2. The SMILES string of the molecule is NC(=O)CC[C@H](N)C(=O)N(CP(=O)(O)O)CP(=O)(O)O. The van der Waals surface area contributed by atoms with E-state index in [2.05, 4.69) is 0 Å². The van der Waals surface area contributed by atoms with Crippen LogP contribution in [0.4, 0.5) is 0 Å². The van der Waals surface area contributed by atoms with Gasteiger partial charge in [0.15, 0.2) is 0 Å². The van der Waals surface area contributed by atoms with Gasteiger partial charge in [-0.1, -0.05) is 0 Å². The third-order valence-corrected chi connectivity index (χ3v) is 3.46. The van der Waals surface area contributed by atoms with Gasteiger partial charge in [0, 0.05) is 6.42 Å². The molecule has 0 saturated heterocycles. The number of rotatable bonds is 8. The van der Waals surface area contributed by atoms with Crippen molar-refractivity contribution in [3.8, 4) is 0 Å². The summed E-state index contributed by atoms with van der Waals surface area (Å²) >= 11 is 0. The van der Waals surface area contributed by atoms with E-state index < -0.39 is 45.6 Å². The van der Waals surface area contributed by atoms with Gasteiger partial charge in [-0.25, -0.2) is 0 Å². The minimum absolute atomic E-state index is 0.201. The zero-order chi connectivity index (χ0) is 16.1. The average Bonchev–Trinajstić information content (AvgIpc) is 2.19. The van der Waals surface area contributed by atoms with Gasteiger partial charge in [0.2, 0.25) is 11.8 Å². The Labute approximate surface area is 114 Å². The first kappa shape index (κ1) is 19.2. The van der Waals surface area contributed by atoms with Crippen molar-refractivity contribution >= 4 is 27.0 Å². The average molecular weight is 333 g/mol. The van der Waals surface area contributed by atoms with Gasteiger partial charge in [-0.3, -0.25) is 18.7 Å². The summed E-state index contributed by atoms with van der Waals surface area (Å²) in [4.78, 5) is 57.7. The number of carbonyl (C=O) groups excluding carboxylic acids is 2. The molecule has 11 nitrogen and oxygen atoms in total. The maximum Gasteiger partial charge on any atom is 0.344 e. The molecular formula is C7H17N3O8P2. The van der Waals surface area contributed by atoms with Crippen molar-refractivity contribution < 1.29 is 38.3 Å². The number of hydrogen-bond donors (Lipinski definition) is 6. The van der Waals surface area contributed by atoms with E-state index in [0.29, 0.717) is 0 Å². The lowest BCUT2D eigenvalue weighted by molar-refractivity contribution is -0.131. The summed E-state index contributed by atoms with van der Waals surface area (Å²) in [5.74, 6) is -1.82. The van der Waals surface area contributed by atoms with E-state index in [4.69, 9.17) is 31.0 Å². The van der Waals surface area contributed by atoms with E-state index in [9.17, 15) is 18.7 Å². The number of hydrogen-bond acceptors (Lipinski definition) is 5. The molecule has 0 aliphatic rings. The molecule has 118 valence electrons. The smallest absolute Gasteiger partial charge is 0.344 e. The van der Waals surface area contributed by atoms with Crippen molar-refractivity contribution in [2.75, 3.05) is 12.6 Å². The second-order valence-corrected chi connectivity index (χ2v) is 7.33. The van der Waals surface area contributed by atoms with Crippen LogP contribution in [0, 0.1) is 0 Å². The van der Waals surface area contributed by atoms with E-state index in [-0.39, 0.29) is 17.7 Å². The molecule has 0 spiro atoms. The van der Waals surface area contributed by atoms with Crippen LogP contribution in [0.15, 0.2) is 0 Å². The summed E-state index contributed by atoms with van der Waals surface area (Å²) in [7, 11) is -9.45. The highest BCUT2D eigenvalue weighted by molar-refractivity contribution is 7.52. The molecule has 0 heterocycles. The first-order valence-electron chi connectivity index (χ1n) is 5.23. The lowest BCUT2D eigenvalue weighted by Gasteiger charge is -2.25. The van der Waals surface area contributed by atoms with Crippen molar-refractivity contribution in [2.45, 2.75) is 18.9 Å². The predicted molar refractivity (Wildman–Crippen MR) is 67.1 cm³/mol. The molecule has 0 bridgehead atoms. The van der Waals surface area contributed by atoms with Crippen molar-refractivity contribution in [1.29, 1.82) is 0 Å². The Kier molecular flexibility index (Phi) is 6.99. The van der Waals surface area contributed by atoms with E-state index >= 15 is 0 Å². The first-order chi connectivity index (χ1) is 8.82. The molecule has 20 heavy (non-hydrogen) atoms. The summed E-state index contributed by atoms with van der Waals surface area (Å²) in [6, 6.07) is -1.35. The van der Waals surface area contributed by atoms with Crippen LogP contribution in [-0.2, 0) is 18.7 Å². The van der Waals surface area contributed by atoms with E-state index in [1.165, 1.54) is 0 Å². The Morgan fingerprint density at radius 3 is 1.75 bits per heavy atom. The highest BCUT2D eigenvalue weighted by Gasteiger charge is 2.31. The van der Waals surface area contributed by atoms with Crippen LogP contribution in [0.25, 0.3) is 0 Å². The summed E-state index contributed by atoms with van der Waals surface area (Å²) in [6.45, 7) is 0. The maximum atomic E-state index is 11.8. The van der Waals surface area contributed by atoms with E-state index in [1.807, 2.05) is 0 Å². The number of amides is 2. The lowest BCUT2D eigenvalue weighted by atomic mass is 10.1. The quantitative estimate of drug-likeness (QED) is 0.263. The first-order valence-corrected chi connectivity index (χ1v) is 8.83. The maximum absolute atomic E-state index is 11.8. The molecule has 0 fully saturated rings. The minimum Gasteiger partial charge on any atom is -0.370 e. The van der Waals surface area contributed by atoms with Crippen LogP contribution in [0.1, 0.15) is 12.8 Å². The zero-order valence-electron chi connectivity index (χ0n) is 10.3. The number of nitrogens with zero attached hydrogens (tertiary/aromatic N) is 1. The Bertz CT molecular complexity index is 433. The summed E-state index contributed by atoms with van der Waals surface area (Å²) in [6.07, 6.45) is -2.80. The van der Waals surface area contributed by atoms with Crippen molar-refractivity contribution in [2.24, 2.45) is 11.5 Å². The van der Waals surface area contributed by atoms with Gasteiger partial charge in [0.25, 0.3) is 0 Å². The van der Waals surface area contributed by atoms with Crippen molar-refractivity contribution in [1.82, 2.24) is 4.90 Å². The van der Waals surface area contributed by atoms with Crippen LogP contribution in [0.2, 0.25) is 0 Å². The fraction of sp³-hybridized carbons (Fsp3) is 0.714. The molecule has 0 unspecified atom stereocenters. The summed E-state index contributed by atoms with van der Waals surface area (Å²) in [5.41, 5.74) is 10.3. The zero-order valence-corrected chi connectivity index (χ0v) is 12.1. The highest BCUT2D eigenvalue weighted by atomic mass is 31.2. The third kappa shape index (κ3) is 9.16.